The molecule has 0 unspecified atom stereocenters. The molecule has 5 nitrogen and oxygen atoms in total. The fraction of sp³-hybridized carbons (Fsp3) is 0.353. The van der Waals surface area contributed by atoms with Crippen LogP contribution in [0.15, 0.2) is 29.2 Å². The van der Waals surface area contributed by atoms with Crippen LogP contribution in [-0.2, 0) is 20.7 Å². The highest BCUT2D eigenvalue weighted by atomic mass is 32.2. The average molecular weight is 333 g/mol. The van der Waals surface area contributed by atoms with Crippen molar-refractivity contribution in [1.29, 1.82) is 0 Å². The van der Waals surface area contributed by atoms with Gasteiger partial charge in [0.25, 0.3) is 11.1 Å². The molecule has 1 heterocycles. The number of benzene rings is 1. The van der Waals surface area contributed by atoms with Crippen LogP contribution in [0, 0.1) is 0 Å². The Kier molecular flexibility index (Phi) is 5.60. The van der Waals surface area contributed by atoms with E-state index in [0.717, 1.165) is 28.6 Å². The molecule has 0 N–H and O–H groups in total. The number of rotatable bonds is 5. The topological polar surface area (TPSA) is 63.7 Å². The predicted octanol–water partition coefficient (Wildman–Crippen LogP) is 3.24. The van der Waals surface area contributed by atoms with Crippen molar-refractivity contribution in [3.8, 4) is 0 Å². The second-order valence-corrected chi connectivity index (χ2v) is 6.07. The summed E-state index contributed by atoms with van der Waals surface area (Å²) in [5.74, 6) is -1.04. The van der Waals surface area contributed by atoms with Crippen molar-refractivity contribution in [1.82, 2.24) is 4.90 Å². The lowest BCUT2D eigenvalue weighted by molar-refractivity contribution is -0.150. The summed E-state index contributed by atoms with van der Waals surface area (Å²) in [6.07, 6.45) is 2.61. The zero-order valence-electron chi connectivity index (χ0n) is 13.4. The smallest absolute Gasteiger partial charge is 0.329 e. The second kappa shape index (κ2) is 7.46. The van der Waals surface area contributed by atoms with Crippen molar-refractivity contribution >= 4 is 35.0 Å². The molecule has 1 atom stereocenters. The van der Waals surface area contributed by atoms with Gasteiger partial charge in [0, 0.05) is 0 Å². The predicted molar refractivity (Wildman–Crippen MR) is 89.7 cm³/mol. The van der Waals surface area contributed by atoms with Gasteiger partial charge in [-0.1, -0.05) is 31.2 Å². The summed E-state index contributed by atoms with van der Waals surface area (Å²) in [6, 6.07) is 6.86. The Morgan fingerprint density at radius 1 is 1.26 bits per heavy atom. The van der Waals surface area contributed by atoms with E-state index in [2.05, 4.69) is 6.92 Å². The van der Waals surface area contributed by atoms with Gasteiger partial charge in [0.1, 0.15) is 6.04 Å². The van der Waals surface area contributed by atoms with E-state index in [4.69, 9.17) is 4.74 Å². The molecule has 0 aromatic heterocycles. The van der Waals surface area contributed by atoms with Crippen molar-refractivity contribution in [2.45, 2.75) is 33.2 Å². The minimum absolute atomic E-state index is 0.207. The summed E-state index contributed by atoms with van der Waals surface area (Å²) in [6.45, 7) is 5.45. The summed E-state index contributed by atoms with van der Waals surface area (Å²) in [5.41, 5.74) is 2.04. The molecule has 0 spiro atoms. The first-order valence-electron chi connectivity index (χ1n) is 7.50. The third kappa shape index (κ3) is 3.82. The molecule has 2 rings (SSSR count). The molecule has 0 bridgehead atoms. The largest absolute Gasteiger partial charge is 0.464 e. The van der Waals surface area contributed by atoms with E-state index >= 15 is 0 Å². The van der Waals surface area contributed by atoms with Gasteiger partial charge >= 0.3 is 5.97 Å². The Morgan fingerprint density at radius 3 is 2.48 bits per heavy atom. The Hall–Kier alpha value is -2.08. The molecule has 1 saturated heterocycles. The molecule has 1 aliphatic rings. The number of thioether (sulfide) groups is 1. The number of esters is 1. The zero-order chi connectivity index (χ0) is 17.0. The van der Waals surface area contributed by atoms with E-state index in [1.54, 1.807) is 13.0 Å². The molecular formula is C17H19NO4S. The maximum Gasteiger partial charge on any atom is 0.329 e. The van der Waals surface area contributed by atoms with Crippen LogP contribution < -0.4 is 0 Å². The Bertz CT molecular complexity index is 651. The number of hydrogen-bond donors (Lipinski definition) is 0. The van der Waals surface area contributed by atoms with E-state index in [9.17, 15) is 14.4 Å². The van der Waals surface area contributed by atoms with Crippen LogP contribution in [0.25, 0.3) is 6.08 Å². The van der Waals surface area contributed by atoms with Crippen LogP contribution in [0.5, 0.6) is 0 Å². The van der Waals surface area contributed by atoms with E-state index < -0.39 is 23.2 Å². The number of aryl methyl sites for hydroxylation is 1. The molecule has 0 saturated carbocycles. The SMILES string of the molecule is CCOC(=O)[C@H](C)N1C(=O)S/C(=C/c2ccc(CC)cc2)C1=O. The Balaban J connectivity index is 2.19. The lowest BCUT2D eigenvalue weighted by Gasteiger charge is -2.19. The van der Waals surface area contributed by atoms with Gasteiger partial charge in [-0.05, 0) is 49.2 Å². The Labute approximate surface area is 139 Å². The molecular weight excluding hydrogens is 314 g/mol. The van der Waals surface area contributed by atoms with Gasteiger partial charge in [-0.2, -0.15) is 0 Å². The van der Waals surface area contributed by atoms with Crippen LogP contribution in [0.3, 0.4) is 0 Å². The van der Waals surface area contributed by atoms with Gasteiger partial charge in [-0.25, -0.2) is 4.79 Å². The molecule has 23 heavy (non-hydrogen) atoms. The minimum atomic E-state index is -0.921. The van der Waals surface area contributed by atoms with Gasteiger partial charge in [0.15, 0.2) is 0 Å². The highest BCUT2D eigenvalue weighted by molar-refractivity contribution is 8.18. The van der Waals surface area contributed by atoms with Crippen LogP contribution in [0.4, 0.5) is 4.79 Å². The molecule has 2 amide bonds. The maximum atomic E-state index is 12.4. The number of carbonyl (C=O) groups is 3. The third-order valence-corrected chi connectivity index (χ3v) is 4.41. The fourth-order valence-corrected chi connectivity index (χ4v) is 3.09. The quantitative estimate of drug-likeness (QED) is 0.611. The van der Waals surface area contributed by atoms with E-state index in [-0.39, 0.29) is 6.61 Å². The molecule has 0 aliphatic carbocycles. The van der Waals surface area contributed by atoms with Crippen LogP contribution >= 0.6 is 11.8 Å². The number of imide groups is 1. The third-order valence-electron chi connectivity index (χ3n) is 3.52. The van der Waals surface area contributed by atoms with Gasteiger partial charge in [-0.3, -0.25) is 14.5 Å². The van der Waals surface area contributed by atoms with Crippen LogP contribution in [0.1, 0.15) is 31.9 Å². The highest BCUT2D eigenvalue weighted by Gasteiger charge is 2.41. The number of hydrogen-bond acceptors (Lipinski definition) is 5. The average Bonchev–Trinajstić information content (AvgIpc) is 2.81. The summed E-state index contributed by atoms with van der Waals surface area (Å²) in [5, 5.41) is -0.452. The van der Waals surface area contributed by atoms with Crippen molar-refractivity contribution in [2.24, 2.45) is 0 Å². The van der Waals surface area contributed by atoms with Gasteiger partial charge in [-0.15, -0.1) is 0 Å². The van der Waals surface area contributed by atoms with E-state index in [1.807, 2.05) is 24.3 Å². The van der Waals surface area contributed by atoms with Gasteiger partial charge < -0.3 is 4.74 Å². The first-order chi connectivity index (χ1) is 11.0. The van der Waals surface area contributed by atoms with Gasteiger partial charge in [0.2, 0.25) is 0 Å². The monoisotopic (exact) mass is 333 g/mol. The number of ether oxygens (including phenoxy) is 1. The summed E-state index contributed by atoms with van der Waals surface area (Å²) in [4.78, 5) is 37.5. The summed E-state index contributed by atoms with van der Waals surface area (Å²) < 4.78 is 4.88. The van der Waals surface area contributed by atoms with Gasteiger partial charge in [0.05, 0.1) is 11.5 Å². The summed E-state index contributed by atoms with van der Waals surface area (Å²) >= 11 is 0.841. The number of nitrogens with zero attached hydrogens (tertiary/aromatic N) is 1. The molecule has 0 radical (unpaired) electrons. The van der Waals surface area contributed by atoms with Crippen molar-refractivity contribution in [3.63, 3.8) is 0 Å². The Morgan fingerprint density at radius 2 is 1.91 bits per heavy atom. The minimum Gasteiger partial charge on any atom is -0.464 e. The zero-order valence-corrected chi connectivity index (χ0v) is 14.2. The van der Waals surface area contributed by atoms with Crippen molar-refractivity contribution < 1.29 is 19.1 Å². The lowest BCUT2D eigenvalue weighted by Crippen LogP contribution is -2.42. The number of amides is 2. The normalized spacial score (nSPS) is 17.7. The molecule has 122 valence electrons. The molecule has 1 fully saturated rings. The standard InChI is InChI=1S/C17H19NO4S/c1-4-12-6-8-13(9-7-12)10-14-15(19)18(17(21)23-14)11(3)16(20)22-5-2/h6-11H,4-5H2,1-3H3/b14-10+/t11-/m0/s1. The molecule has 6 heteroatoms. The molecule has 1 aromatic rings. The first kappa shape index (κ1) is 17.3. The fourth-order valence-electron chi connectivity index (χ4n) is 2.18. The second-order valence-electron chi connectivity index (χ2n) is 5.07. The van der Waals surface area contributed by atoms with Crippen LogP contribution in [0.2, 0.25) is 0 Å². The van der Waals surface area contributed by atoms with Crippen molar-refractivity contribution in [3.05, 3.63) is 40.3 Å². The van der Waals surface area contributed by atoms with Crippen LogP contribution in [-0.4, -0.2) is 34.7 Å². The molecule has 1 aliphatic heterocycles. The van der Waals surface area contributed by atoms with E-state index in [0.29, 0.717) is 4.91 Å². The lowest BCUT2D eigenvalue weighted by atomic mass is 10.1. The first-order valence-corrected chi connectivity index (χ1v) is 8.32. The maximum absolute atomic E-state index is 12.4. The highest BCUT2D eigenvalue weighted by Crippen LogP contribution is 2.33. The number of carbonyl (C=O) groups excluding carboxylic acids is 3. The molecule has 1 aromatic carbocycles. The van der Waals surface area contributed by atoms with E-state index in [1.165, 1.54) is 12.5 Å². The summed E-state index contributed by atoms with van der Waals surface area (Å²) in [7, 11) is 0. The van der Waals surface area contributed by atoms with Crippen molar-refractivity contribution in [2.75, 3.05) is 6.61 Å².